The molecule has 111 heavy (non-hydrogen) atoms. The van der Waals surface area contributed by atoms with E-state index in [1.54, 1.807) is 12.4 Å². The molecule has 0 radical (unpaired) electrons. The molecule has 0 unspecified atom stereocenters. The van der Waals surface area contributed by atoms with E-state index >= 15 is 0 Å². The molecule has 0 atom stereocenters. The van der Waals surface area contributed by atoms with Crippen LogP contribution in [0.5, 0.6) is 0 Å². The van der Waals surface area contributed by atoms with Crippen LogP contribution in [0.4, 0.5) is 0 Å². The van der Waals surface area contributed by atoms with Gasteiger partial charge in [-0.2, -0.15) is 0 Å². The van der Waals surface area contributed by atoms with Crippen LogP contribution in [0.3, 0.4) is 0 Å². The monoisotopic (exact) mass is 1410 g/mol. The fourth-order valence-electron chi connectivity index (χ4n) is 18.8. The van der Waals surface area contributed by atoms with Crippen LogP contribution in [0.2, 0.25) is 0 Å². The molecule has 0 amide bonds. The summed E-state index contributed by atoms with van der Waals surface area (Å²) in [6.45, 7) is 0. The Bertz CT molecular complexity index is 7350. The summed E-state index contributed by atoms with van der Waals surface area (Å²) < 4.78 is 6.63. The van der Waals surface area contributed by atoms with Gasteiger partial charge >= 0.3 is 0 Å². The summed E-state index contributed by atoms with van der Waals surface area (Å²) in [7, 11) is 0. The van der Waals surface area contributed by atoms with Crippen LogP contribution < -0.4 is 0 Å². The molecule has 3 aliphatic rings. The van der Waals surface area contributed by atoms with Gasteiger partial charge in [0.25, 0.3) is 0 Å². The maximum Gasteiger partial charge on any atom is 0.234 e. The van der Waals surface area contributed by atoms with Crippen molar-refractivity contribution >= 4 is 97.3 Å². The minimum atomic E-state index is 0.683. The van der Waals surface area contributed by atoms with Crippen LogP contribution >= 0.6 is 0 Å². The van der Waals surface area contributed by atoms with Crippen molar-refractivity contribution in [1.82, 2.24) is 33.6 Å². The van der Waals surface area contributed by atoms with Gasteiger partial charge in [-0.3, -0.25) is 4.57 Å². The fourth-order valence-corrected chi connectivity index (χ4v) is 18.8. The van der Waals surface area contributed by atoms with Crippen molar-refractivity contribution in [3.63, 3.8) is 0 Å². The maximum atomic E-state index is 5.14. The second-order valence-corrected chi connectivity index (χ2v) is 29.0. The zero-order valence-corrected chi connectivity index (χ0v) is 60.0. The van der Waals surface area contributed by atoms with Crippen LogP contribution in [0.25, 0.3) is 226 Å². The number of nitrogens with zero attached hydrogens (tertiary/aromatic N) is 7. The summed E-state index contributed by atoms with van der Waals surface area (Å²) in [5, 5.41) is 19.3. The van der Waals surface area contributed by atoms with E-state index in [-0.39, 0.29) is 0 Å². The maximum absolute atomic E-state index is 5.14. The molecule has 0 spiro atoms. The number of fused-ring (bicyclic) bond motifs is 30. The third kappa shape index (κ3) is 9.40. The summed E-state index contributed by atoms with van der Waals surface area (Å²) in [4.78, 5) is 18.9. The molecule has 22 aromatic rings. The lowest BCUT2D eigenvalue weighted by molar-refractivity contribution is 0.962. The van der Waals surface area contributed by atoms with Crippen molar-refractivity contribution in [2.24, 2.45) is 0 Å². The van der Waals surface area contributed by atoms with E-state index in [9.17, 15) is 0 Å². The Hall–Kier alpha value is -14.9. The first-order chi connectivity index (χ1) is 55.2. The average molecular weight is 1410 g/mol. The van der Waals surface area contributed by atoms with E-state index in [1.807, 2.05) is 30.5 Å². The standard InChI is InChI=1S/C39H24N2.C33H20N2.C32H19N3/c1-2-12-25(13-3-1)34-21-11-23-36(40-34)41-24-33-28-16-6-9-19-31(28)38-29-17-7-4-14-26(29)27-15-5-8-18-30(27)39(38)32-20-10-22-35(41)37(32)33;1-4-13-24-21(10-1)22-11-2-5-14-25(22)33-27-16-9-17-29-31(27)28(20-35(29)30-18-7-8-19-34-30)23-12-3-6-15-26(23)32(24)33;1-4-12-23-20(9-1)21-10-2-5-13-24(21)31-26-15-7-16-28-29(26)27(19-35(28)32-33-17-8-18-34-32)22-11-3-6-14-25(22)30(23)31/h1-24H;1-20H;1-19H. The Labute approximate surface area is 638 Å². The van der Waals surface area contributed by atoms with Crippen molar-refractivity contribution in [3.8, 4) is 129 Å². The van der Waals surface area contributed by atoms with Crippen molar-refractivity contribution in [3.05, 3.63) is 383 Å². The van der Waals surface area contributed by atoms with E-state index in [4.69, 9.17) is 4.98 Å². The number of hydrogen-bond acceptors (Lipinski definition) is 4. The van der Waals surface area contributed by atoms with E-state index in [0.717, 1.165) is 33.9 Å². The zero-order valence-electron chi connectivity index (χ0n) is 60.0. The SMILES string of the molecule is c1ccc(-c2cccc(-n3cc4c5c(cccc53)-c3c(c5ccccc5c5ccccc35)-c3ccccc3-4)n2)cc1.c1ccc(-n2cc3c4c(cccc42)-c2c(c4ccccc4c4ccccc24)-c2ccccc2-3)nc1.c1cnc(-n2cc3c4c(cccc42)-c2c(c4ccccc4c4ccccc24)-c2ccccc2-3)nc1. The van der Waals surface area contributed by atoms with Gasteiger partial charge in [0.15, 0.2) is 0 Å². The molecule has 0 fully saturated rings. The Kier molecular flexibility index (Phi) is 13.9. The molecule has 0 N–H and O–H groups in total. The summed E-state index contributed by atoms with van der Waals surface area (Å²) in [5.41, 5.74) is 28.4. The van der Waals surface area contributed by atoms with Crippen molar-refractivity contribution < 1.29 is 0 Å². The Morgan fingerprint density at radius 1 is 0.180 bits per heavy atom. The number of aromatic nitrogens is 7. The molecule has 0 bridgehead atoms. The molecule has 3 aliphatic carbocycles. The summed E-state index contributed by atoms with van der Waals surface area (Å²) in [6.07, 6.45) is 12.2. The van der Waals surface area contributed by atoms with Crippen LogP contribution in [0.15, 0.2) is 383 Å². The normalized spacial score (nSPS) is 12.0. The molecule has 0 saturated heterocycles. The molecule has 0 saturated carbocycles. The lowest BCUT2D eigenvalue weighted by Gasteiger charge is -2.18. The van der Waals surface area contributed by atoms with Crippen LogP contribution in [0, 0.1) is 0 Å². The molecular formula is C104H63N7. The van der Waals surface area contributed by atoms with Gasteiger partial charge in [-0.25, -0.2) is 19.9 Å². The van der Waals surface area contributed by atoms with Crippen LogP contribution in [0.1, 0.15) is 0 Å². The first-order valence-electron chi connectivity index (χ1n) is 37.9. The van der Waals surface area contributed by atoms with Gasteiger partial charge < -0.3 is 9.13 Å². The third-order valence-electron chi connectivity index (χ3n) is 23.3. The smallest absolute Gasteiger partial charge is 0.234 e. The van der Waals surface area contributed by atoms with Crippen molar-refractivity contribution in [1.29, 1.82) is 0 Å². The van der Waals surface area contributed by atoms with E-state index in [1.165, 1.54) is 186 Å². The molecule has 6 aromatic heterocycles. The lowest BCUT2D eigenvalue weighted by Crippen LogP contribution is -1.98. The van der Waals surface area contributed by atoms with E-state index in [0.29, 0.717) is 5.95 Å². The highest BCUT2D eigenvalue weighted by molar-refractivity contribution is 6.31. The minimum absolute atomic E-state index is 0.683. The number of pyridine rings is 2. The van der Waals surface area contributed by atoms with Gasteiger partial charge in [0.05, 0.1) is 22.2 Å². The van der Waals surface area contributed by atoms with Gasteiger partial charge in [-0.1, -0.05) is 297 Å². The zero-order chi connectivity index (χ0) is 72.8. The summed E-state index contributed by atoms with van der Waals surface area (Å²) >= 11 is 0. The Morgan fingerprint density at radius 3 is 0.856 bits per heavy atom. The lowest BCUT2D eigenvalue weighted by atomic mass is 9.85. The third-order valence-corrected chi connectivity index (χ3v) is 23.3. The Morgan fingerprint density at radius 2 is 0.468 bits per heavy atom. The first kappa shape index (κ1) is 62.3. The highest BCUT2D eigenvalue weighted by Crippen LogP contribution is 2.58. The van der Waals surface area contributed by atoms with Crippen molar-refractivity contribution in [2.45, 2.75) is 0 Å². The van der Waals surface area contributed by atoms with Crippen molar-refractivity contribution in [2.75, 3.05) is 0 Å². The Balaban J connectivity index is 0.000000100. The number of benzene rings is 16. The van der Waals surface area contributed by atoms with E-state index < -0.39 is 0 Å². The predicted octanol–water partition coefficient (Wildman–Crippen LogP) is 27.0. The van der Waals surface area contributed by atoms with Gasteiger partial charge in [0, 0.05) is 75.6 Å². The van der Waals surface area contributed by atoms with Gasteiger partial charge in [-0.15, -0.1) is 0 Å². The highest BCUT2D eigenvalue weighted by atomic mass is 15.1. The topological polar surface area (TPSA) is 66.3 Å². The first-order valence-corrected chi connectivity index (χ1v) is 37.9. The molecule has 514 valence electrons. The predicted molar refractivity (Wildman–Crippen MR) is 461 cm³/mol. The van der Waals surface area contributed by atoms with Crippen LogP contribution in [-0.4, -0.2) is 33.6 Å². The summed E-state index contributed by atoms with van der Waals surface area (Å²) in [5.74, 6) is 2.53. The fraction of sp³-hybridized carbons (Fsp3) is 0. The second-order valence-electron chi connectivity index (χ2n) is 29.0. The molecule has 6 heterocycles. The van der Waals surface area contributed by atoms with Gasteiger partial charge in [0.1, 0.15) is 11.6 Å². The summed E-state index contributed by atoms with van der Waals surface area (Å²) in [6, 6.07) is 124. The molecule has 7 nitrogen and oxygen atoms in total. The molecular weight excluding hydrogens is 1350 g/mol. The molecule has 16 aromatic carbocycles. The van der Waals surface area contributed by atoms with E-state index in [2.05, 4.69) is 369 Å². The number of rotatable bonds is 4. The number of hydrogen-bond donors (Lipinski definition) is 0. The van der Waals surface area contributed by atoms with Gasteiger partial charge in [0.2, 0.25) is 5.95 Å². The molecule has 0 aliphatic heterocycles. The minimum Gasteiger partial charge on any atom is -0.301 e. The average Bonchev–Trinajstić information content (AvgIpc) is 1.40. The molecule has 7 heteroatoms. The largest absolute Gasteiger partial charge is 0.301 e. The molecule has 25 rings (SSSR count). The quantitative estimate of drug-likeness (QED) is 0.165. The second kappa shape index (κ2) is 24.8. The highest BCUT2D eigenvalue weighted by Gasteiger charge is 2.32. The van der Waals surface area contributed by atoms with Crippen LogP contribution in [-0.2, 0) is 0 Å². The van der Waals surface area contributed by atoms with Gasteiger partial charge in [-0.05, 0) is 197 Å².